The van der Waals surface area contributed by atoms with Crippen LogP contribution in [0.15, 0.2) is 29.4 Å². The molecule has 118 valence electrons. The Bertz CT molecular complexity index is 578. The second-order valence-corrected chi connectivity index (χ2v) is 5.67. The number of hydrogen-bond acceptors (Lipinski definition) is 5. The molecule has 2 heterocycles. The van der Waals surface area contributed by atoms with Crippen molar-refractivity contribution in [2.75, 3.05) is 33.4 Å². The third-order valence-corrected chi connectivity index (χ3v) is 4.04. The standard InChI is InChI=1S/C16H20N2O4/c1-16(15(19)18-7-9-21-10-8-18)11-14(17-22-16)12-3-5-13(20-2)6-4-12/h3-6H,7-11H2,1-2H3/t16-/m0/s1. The van der Waals surface area contributed by atoms with Crippen LogP contribution in [-0.4, -0.2) is 55.5 Å². The Hall–Kier alpha value is -2.08. The molecule has 3 rings (SSSR count). The average Bonchev–Trinajstić information content (AvgIpc) is 2.98. The van der Waals surface area contributed by atoms with E-state index < -0.39 is 5.60 Å². The van der Waals surface area contributed by atoms with Crippen LogP contribution in [0.1, 0.15) is 18.9 Å². The Labute approximate surface area is 129 Å². The first-order valence-corrected chi connectivity index (χ1v) is 7.39. The normalized spacial score (nSPS) is 24.6. The van der Waals surface area contributed by atoms with Crippen molar-refractivity contribution in [3.05, 3.63) is 29.8 Å². The summed E-state index contributed by atoms with van der Waals surface area (Å²) in [4.78, 5) is 19.9. The van der Waals surface area contributed by atoms with Crippen LogP contribution in [0, 0.1) is 0 Å². The third-order valence-electron chi connectivity index (χ3n) is 4.04. The van der Waals surface area contributed by atoms with Crippen LogP contribution in [0.4, 0.5) is 0 Å². The molecule has 1 fully saturated rings. The van der Waals surface area contributed by atoms with Gasteiger partial charge in [-0.2, -0.15) is 0 Å². The molecule has 1 saturated heterocycles. The van der Waals surface area contributed by atoms with Crippen molar-refractivity contribution in [1.29, 1.82) is 0 Å². The Balaban J connectivity index is 1.69. The van der Waals surface area contributed by atoms with E-state index in [0.717, 1.165) is 17.0 Å². The van der Waals surface area contributed by atoms with Crippen LogP contribution >= 0.6 is 0 Å². The minimum Gasteiger partial charge on any atom is -0.497 e. The molecule has 6 nitrogen and oxygen atoms in total. The summed E-state index contributed by atoms with van der Waals surface area (Å²) in [5.74, 6) is 0.762. The molecule has 0 spiro atoms. The molecule has 2 aliphatic rings. The van der Waals surface area contributed by atoms with E-state index in [1.165, 1.54) is 0 Å². The number of nitrogens with zero attached hydrogens (tertiary/aromatic N) is 2. The lowest BCUT2D eigenvalue weighted by Crippen LogP contribution is -2.51. The van der Waals surface area contributed by atoms with E-state index in [9.17, 15) is 4.79 Å². The van der Waals surface area contributed by atoms with Crippen molar-refractivity contribution < 1.29 is 19.1 Å². The highest BCUT2D eigenvalue weighted by Crippen LogP contribution is 2.29. The number of benzene rings is 1. The Kier molecular flexibility index (Phi) is 4.02. The number of rotatable bonds is 3. The summed E-state index contributed by atoms with van der Waals surface area (Å²) >= 11 is 0. The lowest BCUT2D eigenvalue weighted by molar-refractivity contribution is -0.157. The molecule has 0 N–H and O–H groups in total. The van der Waals surface area contributed by atoms with Gasteiger partial charge in [0, 0.05) is 19.5 Å². The molecular formula is C16H20N2O4. The number of carbonyl (C=O) groups excluding carboxylic acids is 1. The van der Waals surface area contributed by atoms with Gasteiger partial charge < -0.3 is 19.2 Å². The summed E-state index contributed by atoms with van der Waals surface area (Å²) in [6.07, 6.45) is 0.468. The number of hydrogen-bond donors (Lipinski definition) is 0. The zero-order valence-corrected chi connectivity index (χ0v) is 12.9. The van der Waals surface area contributed by atoms with Gasteiger partial charge in [-0.05, 0) is 36.8 Å². The number of morpholine rings is 1. The van der Waals surface area contributed by atoms with Crippen LogP contribution in [-0.2, 0) is 14.4 Å². The second-order valence-electron chi connectivity index (χ2n) is 5.67. The van der Waals surface area contributed by atoms with Crippen molar-refractivity contribution in [1.82, 2.24) is 4.90 Å². The van der Waals surface area contributed by atoms with Crippen LogP contribution in [0.25, 0.3) is 0 Å². The number of amides is 1. The molecule has 1 aromatic carbocycles. The quantitative estimate of drug-likeness (QED) is 0.848. The second kappa shape index (κ2) is 5.96. The molecule has 22 heavy (non-hydrogen) atoms. The minimum absolute atomic E-state index is 0.0249. The lowest BCUT2D eigenvalue weighted by Gasteiger charge is -2.32. The molecule has 1 atom stereocenters. The monoisotopic (exact) mass is 304 g/mol. The Morgan fingerprint density at radius 2 is 1.95 bits per heavy atom. The van der Waals surface area contributed by atoms with E-state index in [0.29, 0.717) is 32.7 Å². The lowest BCUT2D eigenvalue weighted by atomic mass is 9.94. The van der Waals surface area contributed by atoms with E-state index in [1.807, 2.05) is 24.3 Å². The van der Waals surface area contributed by atoms with Crippen LogP contribution in [0.2, 0.25) is 0 Å². The first-order chi connectivity index (χ1) is 10.6. The molecule has 2 aliphatic heterocycles. The van der Waals surface area contributed by atoms with Gasteiger partial charge in [-0.3, -0.25) is 4.79 Å². The highest BCUT2D eigenvalue weighted by molar-refractivity contribution is 6.05. The van der Waals surface area contributed by atoms with Crippen molar-refractivity contribution in [2.45, 2.75) is 18.9 Å². The van der Waals surface area contributed by atoms with Gasteiger partial charge >= 0.3 is 0 Å². The molecule has 0 saturated carbocycles. The predicted molar refractivity (Wildman–Crippen MR) is 81.0 cm³/mol. The molecular weight excluding hydrogens is 284 g/mol. The molecule has 0 unspecified atom stereocenters. The topological polar surface area (TPSA) is 60.4 Å². The van der Waals surface area contributed by atoms with Crippen LogP contribution in [0.3, 0.4) is 0 Å². The van der Waals surface area contributed by atoms with Gasteiger partial charge in [0.05, 0.1) is 26.0 Å². The molecule has 0 aromatic heterocycles. The van der Waals surface area contributed by atoms with Gasteiger partial charge in [0.2, 0.25) is 5.60 Å². The maximum Gasteiger partial charge on any atom is 0.269 e. The highest BCUT2D eigenvalue weighted by Gasteiger charge is 2.44. The molecule has 0 bridgehead atoms. The largest absolute Gasteiger partial charge is 0.497 e. The number of ether oxygens (including phenoxy) is 2. The molecule has 0 radical (unpaired) electrons. The smallest absolute Gasteiger partial charge is 0.269 e. The first kappa shape index (κ1) is 14.8. The van der Waals surface area contributed by atoms with Gasteiger partial charge in [-0.25, -0.2) is 0 Å². The van der Waals surface area contributed by atoms with Crippen LogP contribution in [0.5, 0.6) is 5.75 Å². The summed E-state index contributed by atoms with van der Waals surface area (Å²) in [5.41, 5.74) is 0.804. The van der Waals surface area contributed by atoms with Gasteiger partial charge in [0.15, 0.2) is 0 Å². The average molecular weight is 304 g/mol. The fraction of sp³-hybridized carbons (Fsp3) is 0.500. The predicted octanol–water partition coefficient (Wildman–Crippen LogP) is 1.44. The van der Waals surface area contributed by atoms with Gasteiger partial charge in [0.1, 0.15) is 5.75 Å². The maximum absolute atomic E-state index is 12.7. The SMILES string of the molecule is COc1ccc(C2=NO[C@](C)(C(=O)N3CCOCC3)C2)cc1. The maximum atomic E-state index is 12.7. The summed E-state index contributed by atoms with van der Waals surface area (Å²) in [6, 6.07) is 7.59. The van der Waals surface area contributed by atoms with Crippen LogP contribution < -0.4 is 4.74 Å². The number of oxime groups is 1. The van der Waals surface area contributed by atoms with Gasteiger partial charge in [-0.15, -0.1) is 0 Å². The molecule has 6 heteroatoms. The minimum atomic E-state index is -0.924. The fourth-order valence-electron chi connectivity index (χ4n) is 2.69. The van der Waals surface area contributed by atoms with E-state index in [2.05, 4.69) is 5.16 Å². The van der Waals surface area contributed by atoms with E-state index in [-0.39, 0.29) is 5.91 Å². The number of methoxy groups -OCH3 is 1. The van der Waals surface area contributed by atoms with E-state index in [4.69, 9.17) is 14.3 Å². The zero-order valence-electron chi connectivity index (χ0n) is 12.9. The van der Waals surface area contributed by atoms with Crippen molar-refractivity contribution in [3.63, 3.8) is 0 Å². The van der Waals surface area contributed by atoms with E-state index >= 15 is 0 Å². The highest BCUT2D eigenvalue weighted by atomic mass is 16.7. The van der Waals surface area contributed by atoms with Crippen molar-refractivity contribution in [3.8, 4) is 5.75 Å². The van der Waals surface area contributed by atoms with Crippen molar-refractivity contribution in [2.24, 2.45) is 5.16 Å². The van der Waals surface area contributed by atoms with Gasteiger partial charge in [0.25, 0.3) is 5.91 Å². The fourth-order valence-corrected chi connectivity index (χ4v) is 2.69. The molecule has 1 amide bonds. The summed E-state index contributed by atoms with van der Waals surface area (Å²) < 4.78 is 10.4. The van der Waals surface area contributed by atoms with Crippen molar-refractivity contribution >= 4 is 11.6 Å². The summed E-state index contributed by atoms with van der Waals surface area (Å²) in [6.45, 7) is 4.16. The molecule has 0 aliphatic carbocycles. The third kappa shape index (κ3) is 2.78. The zero-order chi connectivity index (χ0) is 15.6. The summed E-state index contributed by atoms with van der Waals surface area (Å²) in [5, 5.41) is 4.13. The Morgan fingerprint density at radius 1 is 1.27 bits per heavy atom. The molecule has 1 aromatic rings. The number of carbonyl (C=O) groups is 1. The Morgan fingerprint density at radius 3 is 2.59 bits per heavy atom. The summed E-state index contributed by atoms with van der Waals surface area (Å²) in [7, 11) is 1.63. The van der Waals surface area contributed by atoms with E-state index in [1.54, 1.807) is 18.9 Å². The van der Waals surface area contributed by atoms with Gasteiger partial charge in [-0.1, -0.05) is 5.16 Å². The first-order valence-electron chi connectivity index (χ1n) is 7.39.